The summed E-state index contributed by atoms with van der Waals surface area (Å²) in [5.74, 6) is -1.46. The lowest BCUT2D eigenvalue weighted by Gasteiger charge is -2.17. The highest BCUT2D eigenvalue weighted by atomic mass is 32.2. The highest BCUT2D eigenvalue weighted by Crippen LogP contribution is 2.31. The normalized spacial score (nSPS) is 19.1. The first-order valence-corrected chi connectivity index (χ1v) is 6.69. The fourth-order valence-electron chi connectivity index (χ4n) is 2.06. The molecule has 1 unspecified atom stereocenters. The number of nitrogens with zero attached hydrogens (tertiary/aromatic N) is 1. The summed E-state index contributed by atoms with van der Waals surface area (Å²) < 4.78 is 27.3. The van der Waals surface area contributed by atoms with Gasteiger partial charge in [0.25, 0.3) is 0 Å². The summed E-state index contributed by atoms with van der Waals surface area (Å²) in [5, 5.41) is -0.288. The molecule has 0 saturated carbocycles. The number of benzene rings is 1. The molecule has 0 aliphatic carbocycles. The third-order valence-corrected chi connectivity index (χ3v) is 3.92. The van der Waals surface area contributed by atoms with Crippen molar-refractivity contribution in [1.29, 1.82) is 0 Å². The van der Waals surface area contributed by atoms with Crippen molar-refractivity contribution in [3.63, 3.8) is 0 Å². The van der Waals surface area contributed by atoms with Crippen molar-refractivity contribution in [1.82, 2.24) is 0 Å². The minimum atomic E-state index is -0.624. The molecule has 1 aromatic rings. The van der Waals surface area contributed by atoms with E-state index < -0.39 is 11.6 Å². The Balaban J connectivity index is 2.25. The van der Waals surface area contributed by atoms with E-state index in [0.29, 0.717) is 0 Å². The predicted molar refractivity (Wildman–Crippen MR) is 70.1 cm³/mol. The molecule has 1 heterocycles. The van der Waals surface area contributed by atoms with Gasteiger partial charge >= 0.3 is 0 Å². The van der Waals surface area contributed by atoms with Crippen LogP contribution in [0.4, 0.5) is 14.5 Å². The van der Waals surface area contributed by atoms with Gasteiger partial charge in [0.05, 0.1) is 5.69 Å². The second-order valence-electron chi connectivity index (χ2n) is 4.49. The molecule has 0 N–H and O–H groups in total. The highest BCUT2D eigenvalue weighted by Gasteiger charge is 2.33. The molecular formula is C13H13F2NO2S. The lowest BCUT2D eigenvalue weighted by molar-refractivity contribution is -0.117. The van der Waals surface area contributed by atoms with E-state index >= 15 is 0 Å². The maximum atomic E-state index is 13.8. The SMILES string of the molecule is CC(=O)SC1CC(=O)N(c2cc(F)c(C)cc2F)C1. The average molecular weight is 285 g/mol. The van der Waals surface area contributed by atoms with Gasteiger partial charge in [0.2, 0.25) is 5.91 Å². The molecule has 1 fully saturated rings. The Bertz CT molecular complexity index is 548. The smallest absolute Gasteiger partial charge is 0.228 e. The molecular weight excluding hydrogens is 272 g/mol. The van der Waals surface area contributed by atoms with Crippen LogP contribution in [0, 0.1) is 18.6 Å². The summed E-state index contributed by atoms with van der Waals surface area (Å²) in [4.78, 5) is 24.0. The minimum Gasteiger partial charge on any atom is -0.308 e. The van der Waals surface area contributed by atoms with Crippen molar-refractivity contribution in [3.05, 3.63) is 29.3 Å². The number of halogens is 2. The summed E-state index contributed by atoms with van der Waals surface area (Å²) in [6.07, 6.45) is 0.166. The molecule has 1 amide bonds. The number of rotatable bonds is 2. The van der Waals surface area contributed by atoms with Crippen molar-refractivity contribution in [3.8, 4) is 0 Å². The number of hydrogen-bond acceptors (Lipinski definition) is 3. The average Bonchev–Trinajstić information content (AvgIpc) is 2.63. The number of thioether (sulfide) groups is 1. The van der Waals surface area contributed by atoms with Crippen molar-refractivity contribution >= 4 is 28.5 Å². The number of hydrogen-bond donors (Lipinski definition) is 0. The molecule has 102 valence electrons. The quantitative estimate of drug-likeness (QED) is 0.838. The van der Waals surface area contributed by atoms with Crippen LogP contribution in [0.3, 0.4) is 0 Å². The van der Waals surface area contributed by atoms with Crippen molar-refractivity contribution in [2.24, 2.45) is 0 Å². The second kappa shape index (κ2) is 5.28. The topological polar surface area (TPSA) is 37.4 Å². The zero-order chi connectivity index (χ0) is 14.2. The Hall–Kier alpha value is -1.43. The van der Waals surface area contributed by atoms with Gasteiger partial charge in [-0.25, -0.2) is 8.78 Å². The van der Waals surface area contributed by atoms with Gasteiger partial charge in [0.15, 0.2) is 5.12 Å². The van der Waals surface area contributed by atoms with Gasteiger partial charge in [0.1, 0.15) is 11.6 Å². The molecule has 1 saturated heterocycles. The molecule has 0 aromatic heterocycles. The van der Waals surface area contributed by atoms with E-state index in [0.717, 1.165) is 23.9 Å². The van der Waals surface area contributed by atoms with E-state index in [1.807, 2.05) is 0 Å². The van der Waals surface area contributed by atoms with Crippen LogP contribution in [-0.4, -0.2) is 22.8 Å². The molecule has 1 atom stereocenters. The van der Waals surface area contributed by atoms with E-state index in [4.69, 9.17) is 0 Å². The first-order valence-electron chi connectivity index (χ1n) is 5.81. The van der Waals surface area contributed by atoms with Gasteiger partial charge in [-0.3, -0.25) is 9.59 Å². The number of carbonyl (C=O) groups is 2. The van der Waals surface area contributed by atoms with Crippen LogP contribution < -0.4 is 4.90 Å². The fraction of sp³-hybridized carbons (Fsp3) is 0.385. The molecule has 1 aromatic carbocycles. The van der Waals surface area contributed by atoms with E-state index in [2.05, 4.69) is 0 Å². The summed E-state index contributed by atoms with van der Waals surface area (Å²) in [6, 6.07) is 2.10. The van der Waals surface area contributed by atoms with E-state index in [1.54, 1.807) is 0 Å². The van der Waals surface area contributed by atoms with Gasteiger partial charge in [-0.05, 0) is 18.6 Å². The maximum Gasteiger partial charge on any atom is 0.228 e. The van der Waals surface area contributed by atoms with Crippen LogP contribution in [0.1, 0.15) is 18.9 Å². The van der Waals surface area contributed by atoms with Gasteiger partial charge in [0, 0.05) is 31.2 Å². The Morgan fingerprint density at radius 2 is 2.05 bits per heavy atom. The molecule has 6 heteroatoms. The van der Waals surface area contributed by atoms with Crippen LogP contribution in [-0.2, 0) is 9.59 Å². The zero-order valence-corrected chi connectivity index (χ0v) is 11.4. The largest absolute Gasteiger partial charge is 0.308 e. The van der Waals surface area contributed by atoms with Gasteiger partial charge in [-0.1, -0.05) is 11.8 Å². The number of aryl methyl sites for hydroxylation is 1. The fourth-order valence-corrected chi connectivity index (χ4v) is 2.98. The van der Waals surface area contributed by atoms with Gasteiger partial charge < -0.3 is 4.90 Å². The number of amides is 1. The summed E-state index contributed by atoms with van der Waals surface area (Å²) in [6.45, 7) is 3.11. The monoisotopic (exact) mass is 285 g/mol. The lowest BCUT2D eigenvalue weighted by atomic mass is 10.2. The molecule has 2 rings (SSSR count). The Labute approximate surface area is 114 Å². The van der Waals surface area contributed by atoms with Crippen LogP contribution >= 0.6 is 11.8 Å². The van der Waals surface area contributed by atoms with Crippen LogP contribution in [0.2, 0.25) is 0 Å². The van der Waals surface area contributed by atoms with Crippen LogP contribution in [0.15, 0.2) is 12.1 Å². The Kier molecular flexibility index (Phi) is 3.89. The maximum absolute atomic E-state index is 13.8. The predicted octanol–water partition coefficient (Wildman–Crippen LogP) is 2.66. The molecule has 1 aliphatic heterocycles. The second-order valence-corrected chi connectivity index (χ2v) is 5.97. The summed E-state index contributed by atoms with van der Waals surface area (Å²) in [5.41, 5.74) is 0.141. The van der Waals surface area contributed by atoms with Crippen molar-refractivity contribution in [2.45, 2.75) is 25.5 Å². The Morgan fingerprint density at radius 3 is 2.68 bits per heavy atom. The van der Waals surface area contributed by atoms with Crippen molar-refractivity contribution < 1.29 is 18.4 Å². The number of carbonyl (C=O) groups excluding carboxylic acids is 2. The lowest BCUT2D eigenvalue weighted by Crippen LogP contribution is -2.26. The van der Waals surface area contributed by atoms with E-state index in [9.17, 15) is 18.4 Å². The minimum absolute atomic E-state index is 0.0558. The molecule has 0 bridgehead atoms. The Morgan fingerprint density at radius 1 is 1.37 bits per heavy atom. The molecule has 1 aliphatic rings. The van der Waals surface area contributed by atoms with Crippen LogP contribution in [0.5, 0.6) is 0 Å². The van der Waals surface area contributed by atoms with E-state index in [-0.39, 0.29) is 40.5 Å². The van der Waals surface area contributed by atoms with E-state index in [1.165, 1.54) is 18.7 Å². The number of anilines is 1. The standard InChI is InChI=1S/C13H13F2NO2S/c1-7-3-11(15)12(5-10(7)14)16-6-9(4-13(16)18)19-8(2)17/h3,5,9H,4,6H2,1-2H3. The molecule has 19 heavy (non-hydrogen) atoms. The van der Waals surface area contributed by atoms with Gasteiger partial charge in [-0.15, -0.1) is 0 Å². The summed E-state index contributed by atoms with van der Waals surface area (Å²) >= 11 is 1.06. The van der Waals surface area contributed by atoms with Crippen molar-refractivity contribution in [2.75, 3.05) is 11.4 Å². The zero-order valence-electron chi connectivity index (χ0n) is 10.6. The molecule has 3 nitrogen and oxygen atoms in total. The molecule has 0 radical (unpaired) electrons. The first kappa shape index (κ1) is 14.0. The first-order chi connectivity index (χ1) is 8.88. The summed E-state index contributed by atoms with van der Waals surface area (Å²) in [7, 11) is 0. The van der Waals surface area contributed by atoms with Crippen LogP contribution in [0.25, 0.3) is 0 Å². The highest BCUT2D eigenvalue weighted by molar-refractivity contribution is 8.14. The van der Waals surface area contributed by atoms with Gasteiger partial charge in [-0.2, -0.15) is 0 Å². The third-order valence-electron chi connectivity index (χ3n) is 2.94. The molecule has 0 spiro atoms. The third kappa shape index (κ3) is 2.94.